The van der Waals surface area contributed by atoms with E-state index < -0.39 is 0 Å². The number of halogens is 55. The summed E-state index contributed by atoms with van der Waals surface area (Å²) >= 11 is 0. The Kier molecular flexibility index (Phi) is 12100. The second kappa shape index (κ2) is 1120. The van der Waals surface area contributed by atoms with Gasteiger partial charge >= 0.3 is 1480 Å². The predicted octanol–water partition coefficient (Wildman–Crippen LogP) is -297. The molecule has 440 valence electrons. The van der Waals surface area contributed by atoms with E-state index >= 15 is 0 Å². The molecule has 0 spiro atoms. The zero-order chi connectivity index (χ0) is 0. The molecule has 0 bridgehead atoms. The van der Waals surface area contributed by atoms with Crippen LogP contribution in [0.3, 0.4) is 0 Å². The molecule has 105 heteroatoms. The van der Waals surface area contributed by atoms with Crippen LogP contribution in [0.5, 0.6) is 0 Å². The quantitative estimate of drug-likeness (QED) is 0.212. The van der Waals surface area contributed by atoms with E-state index in [1.165, 1.54) is 0 Å². The molecule has 105 heavy (non-hydrogen) atoms. The van der Waals surface area contributed by atoms with Gasteiger partial charge in [-0.3, -0.25) is 0 Å². The topological polar surface area (TPSA) is 0 Å². The van der Waals surface area contributed by atoms with Crippen molar-refractivity contribution in [2.45, 2.75) is 0 Å². The Balaban J connectivity index is 0. The van der Waals surface area contributed by atoms with E-state index in [0.717, 1.165) is 0 Å². The molecule has 0 N–H and O–H groups in total. The first kappa shape index (κ1) is 1140. The molecule has 0 atom stereocenters. The molecular formula is H5Cl55Na50. The van der Waals surface area contributed by atoms with Crippen molar-refractivity contribution in [1.29, 1.82) is 0 Å². The van der Waals surface area contributed by atoms with Crippen LogP contribution >= 0.6 is 62.0 Å². The van der Waals surface area contributed by atoms with Crippen LogP contribution in [0, 0.1) is 0 Å². The number of hydrogen-bond acceptors (Lipinski definition) is 0. The van der Waals surface area contributed by atoms with Crippen molar-refractivity contribution in [2.75, 3.05) is 0 Å². The van der Waals surface area contributed by atoms with E-state index in [4.69, 9.17) is 0 Å². The molecule has 0 aromatic heterocycles. The van der Waals surface area contributed by atoms with Crippen molar-refractivity contribution in [1.82, 2.24) is 0 Å². The first-order valence-corrected chi connectivity index (χ1v) is 0. The van der Waals surface area contributed by atoms with Crippen LogP contribution in [0.1, 0.15) is 0 Å². The molecule has 0 unspecified atom stereocenters. The van der Waals surface area contributed by atoms with Crippen LogP contribution in [-0.4, -0.2) is 0 Å². The minimum atomic E-state index is 0. The minimum absolute atomic E-state index is 0. The summed E-state index contributed by atoms with van der Waals surface area (Å²) in [7, 11) is 0. The molecule has 0 aliphatic rings. The maximum Gasteiger partial charge on any atom is 1.00 e. The Morgan fingerprint density at radius 2 is 0.0286 bits per heavy atom. The van der Waals surface area contributed by atoms with Gasteiger partial charge < -0.3 is 620 Å². The zero-order valence-corrected chi connectivity index (χ0v) is 213. The van der Waals surface area contributed by atoms with Crippen LogP contribution in [0.25, 0.3) is 0 Å². The summed E-state index contributed by atoms with van der Waals surface area (Å²) in [5.41, 5.74) is 0. The van der Waals surface area contributed by atoms with Crippen LogP contribution in [0.15, 0.2) is 0 Å². The van der Waals surface area contributed by atoms with Gasteiger partial charge in [0.1, 0.15) is 0 Å². The van der Waals surface area contributed by atoms with Crippen molar-refractivity contribution in [3.05, 3.63) is 0 Å². The summed E-state index contributed by atoms with van der Waals surface area (Å²) in [6.45, 7) is 0. The van der Waals surface area contributed by atoms with Gasteiger partial charge in [0, 0.05) is 0 Å². The summed E-state index contributed by atoms with van der Waals surface area (Å²) in [6.07, 6.45) is 0. The van der Waals surface area contributed by atoms with Gasteiger partial charge in [0.25, 0.3) is 0 Å². The molecule has 0 amide bonds. The van der Waals surface area contributed by atoms with Crippen molar-refractivity contribution in [3.8, 4) is 0 Å². The molecule has 0 saturated carbocycles. The van der Waals surface area contributed by atoms with E-state index in [-0.39, 0.29) is 2160 Å². The largest absolute Gasteiger partial charge is 1.00 e. The minimum Gasteiger partial charge on any atom is -1.00 e. The average molecular weight is 3100 g/mol. The Morgan fingerprint density at radius 3 is 0.0286 bits per heavy atom. The predicted molar refractivity (Wildman–Crippen MR) is 36.2 cm³/mol. The molecule has 0 aliphatic carbocycles. The molecule has 0 aromatic carbocycles. The van der Waals surface area contributed by atoms with Gasteiger partial charge in [-0.1, -0.05) is 0 Å². The third kappa shape index (κ3) is 1100. The van der Waals surface area contributed by atoms with Crippen molar-refractivity contribution in [2.24, 2.45) is 0 Å². The van der Waals surface area contributed by atoms with Gasteiger partial charge in [0.2, 0.25) is 0 Å². The first-order chi connectivity index (χ1) is 0. The molecule has 0 nitrogen and oxygen atoms in total. The van der Waals surface area contributed by atoms with E-state index in [1.54, 1.807) is 0 Å². The number of hydrogen-bond donors (Lipinski definition) is 0. The van der Waals surface area contributed by atoms with Gasteiger partial charge in [-0.15, -0.1) is 62.0 Å². The van der Waals surface area contributed by atoms with E-state index in [2.05, 4.69) is 0 Å². The second-order valence-electron chi connectivity index (χ2n) is 0. The summed E-state index contributed by atoms with van der Waals surface area (Å²) < 4.78 is 0. The Morgan fingerprint density at radius 1 is 0.0286 bits per heavy atom. The summed E-state index contributed by atoms with van der Waals surface area (Å²) in [5.74, 6) is 0. The standard InChI is InChI=1S/55ClH.50Na/h55*1H;;;;;;;;;;;;;;;;;;;;;;;;;;;;;;;;;;;;;;;;;;;;;;;;;;/q;;;;;;;;;;;;;;;;;;;;;;;;;;;;;;;;;;;;;;;;;;;;;;;;;;;;;;;50*+1/p-50. The van der Waals surface area contributed by atoms with E-state index in [0.29, 0.717) is 0 Å². The van der Waals surface area contributed by atoms with E-state index in [1.807, 2.05) is 0 Å². The van der Waals surface area contributed by atoms with Crippen molar-refractivity contribution >= 4 is 62.0 Å². The fourth-order valence-corrected chi connectivity index (χ4v) is 0. The average Bonchev–Trinajstić information content (AvgIpc) is 0. The molecule has 0 radical (unpaired) electrons. The summed E-state index contributed by atoms with van der Waals surface area (Å²) in [5, 5.41) is 0. The smallest absolute Gasteiger partial charge is 1.00 e. The van der Waals surface area contributed by atoms with Gasteiger partial charge in [-0.25, -0.2) is 0 Å². The second-order valence-corrected chi connectivity index (χ2v) is 0. The first-order valence-electron chi connectivity index (χ1n) is 0. The molecule has 0 aromatic rings. The molecule has 0 aliphatic heterocycles. The molecule has 0 heterocycles. The maximum absolute atomic E-state index is 0. The molecule has 0 fully saturated rings. The van der Waals surface area contributed by atoms with Gasteiger partial charge in [-0.2, -0.15) is 0 Å². The van der Waals surface area contributed by atoms with Gasteiger partial charge in [0.15, 0.2) is 0 Å². The molecular weight excluding hydrogens is 3100 g/mol. The monoisotopic (exact) mass is 3080 g/mol. The third-order valence-corrected chi connectivity index (χ3v) is 0. The molecule has 0 rings (SSSR count). The van der Waals surface area contributed by atoms with Crippen LogP contribution in [-0.2, 0) is 0 Å². The molecule has 0 saturated heterocycles. The van der Waals surface area contributed by atoms with Crippen LogP contribution in [0.2, 0.25) is 0 Å². The normalized spacial score (nSPS) is 0. The fourth-order valence-electron chi connectivity index (χ4n) is 0. The summed E-state index contributed by atoms with van der Waals surface area (Å²) in [4.78, 5) is 0. The van der Waals surface area contributed by atoms with Crippen molar-refractivity contribution < 1.29 is 2100 Å². The Labute approximate surface area is 2090 Å². The SMILES string of the molecule is Cl.Cl.Cl.Cl.Cl.[Cl-].[Cl-].[Cl-].[Cl-].[Cl-].[Cl-].[Cl-].[Cl-].[Cl-].[Cl-].[Cl-].[Cl-].[Cl-].[Cl-].[Cl-].[Cl-].[Cl-].[Cl-].[Cl-].[Cl-].[Cl-].[Cl-].[Cl-].[Cl-].[Cl-].[Cl-].[Cl-].[Cl-].[Cl-].[Cl-].[Cl-].[Cl-].[Cl-].[Cl-].[Cl-].[Cl-].[Cl-].[Cl-].[Cl-].[Cl-].[Cl-].[Cl-].[Cl-].[Cl-].[Cl-].[Cl-].[Cl-].[Cl-].[Cl-].[Cl-].[Na+].[Na+].[Na+].[Na+].[Na+].[Na+].[Na+].[Na+].[Na+].[Na+].[Na+].[Na+].[Na+].[Na+].[Na+].[Na+].[Na+].[Na+].[Na+].[Na+].[Na+].[Na+].[Na+].[Na+].[Na+].[Na+].[Na+].[Na+].[Na+].[Na+].[Na+].[Na+].[Na+].[Na+].[Na+].[Na+].[Na+].[Na+].[Na+].[Na+].[Na+].[Na+].[Na+].[Na+].[Na+].[Na+].[Na+].[Na+].[Na+].[Na+]. The summed E-state index contributed by atoms with van der Waals surface area (Å²) in [6, 6.07) is 0. The zero-order valence-electron chi connectivity index (χ0n) is 70.9. The third-order valence-electron chi connectivity index (χ3n) is 0. The van der Waals surface area contributed by atoms with E-state index in [9.17, 15) is 0 Å². The Hall–Kier alpha value is 65.9. The van der Waals surface area contributed by atoms with Crippen LogP contribution < -0.4 is 2100 Å². The maximum atomic E-state index is 0. The van der Waals surface area contributed by atoms with Gasteiger partial charge in [-0.05, 0) is 0 Å². The van der Waals surface area contributed by atoms with Crippen molar-refractivity contribution in [3.63, 3.8) is 0 Å². The fraction of sp³-hybridized carbons (Fsp3) is 0. The number of rotatable bonds is 0. The van der Waals surface area contributed by atoms with Gasteiger partial charge in [0.05, 0.1) is 0 Å². The Bertz CT molecular complexity index is 105. The van der Waals surface area contributed by atoms with Crippen LogP contribution in [0.4, 0.5) is 0 Å².